The lowest BCUT2D eigenvalue weighted by Gasteiger charge is -2.30. The van der Waals surface area contributed by atoms with E-state index >= 15 is 0 Å². The standard InChI is InChI=1S/C27H35NO6.CH4.H2/c1-19-4-3-12-28(19)18-21(27(30)20-5-10-25-26(17-20)34-15-14-33-25)16-22(29)11-13-32-24-8-6-23(31-2)7-9-24;;/h5-10,17,19,21,27,30H,3-4,11-16,18H2,1-2H3;1H4;1H/t19-,21-,27-;;/m1../s1. The Labute approximate surface area is 210 Å². The molecule has 2 aliphatic rings. The Bertz CT molecular complexity index is 954. The third-order valence-corrected chi connectivity index (χ3v) is 6.71. The van der Waals surface area contributed by atoms with Crippen molar-refractivity contribution in [3.63, 3.8) is 0 Å². The Kier molecular flexibility index (Phi) is 9.81. The van der Waals surface area contributed by atoms with E-state index in [2.05, 4.69) is 11.8 Å². The first-order valence-corrected chi connectivity index (χ1v) is 12.1. The monoisotopic (exact) mass is 487 g/mol. The zero-order chi connectivity index (χ0) is 23.9. The van der Waals surface area contributed by atoms with Crippen LogP contribution in [0.1, 0.15) is 53.1 Å². The number of carbonyl (C=O) groups is 1. The molecule has 4 rings (SSSR count). The van der Waals surface area contributed by atoms with Crippen LogP contribution in [-0.4, -0.2) is 61.9 Å². The van der Waals surface area contributed by atoms with E-state index in [4.69, 9.17) is 18.9 Å². The van der Waals surface area contributed by atoms with Gasteiger partial charge in [0.05, 0.1) is 19.8 Å². The molecule has 1 N–H and O–H groups in total. The fourth-order valence-electron chi connectivity index (χ4n) is 4.71. The van der Waals surface area contributed by atoms with Crippen LogP contribution in [0.4, 0.5) is 0 Å². The van der Waals surface area contributed by atoms with Gasteiger partial charge in [0.25, 0.3) is 0 Å². The van der Waals surface area contributed by atoms with E-state index in [0.717, 1.165) is 30.7 Å². The van der Waals surface area contributed by atoms with Crippen molar-refractivity contribution < 1.29 is 30.3 Å². The maximum absolute atomic E-state index is 12.9. The van der Waals surface area contributed by atoms with Crippen LogP contribution in [0.5, 0.6) is 23.0 Å². The Morgan fingerprint density at radius 3 is 2.54 bits per heavy atom. The molecule has 3 atom stereocenters. The summed E-state index contributed by atoms with van der Waals surface area (Å²) in [5, 5.41) is 11.3. The maximum Gasteiger partial charge on any atom is 0.161 e. The number of ketones is 1. The number of likely N-dealkylation sites (tertiary alicyclic amines) is 1. The predicted molar refractivity (Wildman–Crippen MR) is 138 cm³/mol. The van der Waals surface area contributed by atoms with Gasteiger partial charge in [-0.1, -0.05) is 13.5 Å². The van der Waals surface area contributed by atoms with Gasteiger partial charge in [-0.3, -0.25) is 4.79 Å². The number of Topliss-reactive ketones (excluding diaryl/α,β-unsaturated/α-hetero) is 1. The number of nitrogens with zero attached hydrogens (tertiary/aromatic N) is 1. The molecule has 0 amide bonds. The Morgan fingerprint density at radius 2 is 1.86 bits per heavy atom. The number of carbonyl (C=O) groups excluding carboxylic acids is 1. The van der Waals surface area contributed by atoms with Crippen LogP contribution in [0.2, 0.25) is 0 Å². The fraction of sp³-hybridized carbons (Fsp3) is 0.536. The minimum absolute atomic E-state index is 0. The third kappa shape index (κ3) is 7.12. The summed E-state index contributed by atoms with van der Waals surface area (Å²) in [6, 6.07) is 13.3. The van der Waals surface area contributed by atoms with E-state index in [-0.39, 0.29) is 20.6 Å². The second kappa shape index (κ2) is 12.8. The van der Waals surface area contributed by atoms with Gasteiger partial charge in [0.2, 0.25) is 0 Å². The molecular weight excluding hydrogens is 446 g/mol. The minimum Gasteiger partial charge on any atom is -0.497 e. The number of fused-ring (bicyclic) bond motifs is 1. The highest BCUT2D eigenvalue weighted by Crippen LogP contribution is 2.36. The molecule has 7 nitrogen and oxygen atoms in total. The van der Waals surface area contributed by atoms with Crippen LogP contribution in [0.25, 0.3) is 0 Å². The number of aliphatic hydroxyl groups is 1. The molecule has 7 heteroatoms. The molecule has 2 aromatic carbocycles. The minimum atomic E-state index is -0.768. The lowest BCUT2D eigenvalue weighted by molar-refractivity contribution is -0.121. The van der Waals surface area contributed by atoms with Crippen LogP contribution >= 0.6 is 0 Å². The number of aliphatic hydroxyl groups excluding tert-OH is 1. The van der Waals surface area contributed by atoms with Crippen molar-refractivity contribution in [3.05, 3.63) is 48.0 Å². The van der Waals surface area contributed by atoms with E-state index in [1.165, 1.54) is 0 Å². The molecule has 0 bridgehead atoms. The number of benzene rings is 2. The summed E-state index contributed by atoms with van der Waals surface area (Å²) in [7, 11) is 1.62. The average molecular weight is 488 g/mol. The van der Waals surface area contributed by atoms with Crippen LogP contribution in [0.15, 0.2) is 42.5 Å². The summed E-state index contributed by atoms with van der Waals surface area (Å²) in [6.07, 6.45) is 2.13. The molecule has 35 heavy (non-hydrogen) atoms. The molecule has 0 aliphatic carbocycles. The number of hydrogen-bond donors (Lipinski definition) is 1. The molecule has 2 aromatic rings. The first kappa shape index (κ1) is 26.8. The van der Waals surface area contributed by atoms with Crippen LogP contribution in [0, 0.1) is 5.92 Å². The highest BCUT2D eigenvalue weighted by molar-refractivity contribution is 5.78. The van der Waals surface area contributed by atoms with Gasteiger partial charge in [-0.25, -0.2) is 0 Å². The smallest absolute Gasteiger partial charge is 0.161 e. The molecule has 1 saturated heterocycles. The second-order valence-electron chi connectivity index (χ2n) is 9.11. The van der Waals surface area contributed by atoms with E-state index in [0.29, 0.717) is 62.5 Å². The Balaban J connectivity index is 0.00000228. The van der Waals surface area contributed by atoms with E-state index < -0.39 is 6.10 Å². The number of methoxy groups -OCH3 is 1. The number of rotatable bonds is 11. The Morgan fingerprint density at radius 1 is 1.14 bits per heavy atom. The van der Waals surface area contributed by atoms with Crippen molar-refractivity contribution >= 4 is 5.78 Å². The van der Waals surface area contributed by atoms with Gasteiger partial charge < -0.3 is 29.0 Å². The van der Waals surface area contributed by atoms with Crippen LogP contribution < -0.4 is 18.9 Å². The molecule has 2 aliphatic heterocycles. The molecule has 2 heterocycles. The zero-order valence-corrected chi connectivity index (χ0v) is 20.1. The summed E-state index contributed by atoms with van der Waals surface area (Å²) in [6.45, 7) is 5.22. The van der Waals surface area contributed by atoms with Gasteiger partial charge in [0.1, 0.15) is 30.5 Å². The molecule has 0 aromatic heterocycles. The van der Waals surface area contributed by atoms with Crippen molar-refractivity contribution in [2.75, 3.05) is 40.0 Å². The van der Waals surface area contributed by atoms with Gasteiger partial charge in [-0.15, -0.1) is 0 Å². The summed E-state index contributed by atoms with van der Waals surface area (Å²) < 4.78 is 22.2. The third-order valence-electron chi connectivity index (χ3n) is 6.71. The van der Waals surface area contributed by atoms with Crippen molar-refractivity contribution in [3.8, 4) is 23.0 Å². The molecule has 0 radical (unpaired) electrons. The van der Waals surface area contributed by atoms with Crippen molar-refractivity contribution in [1.82, 2.24) is 4.90 Å². The van der Waals surface area contributed by atoms with E-state index in [9.17, 15) is 9.90 Å². The van der Waals surface area contributed by atoms with Gasteiger partial charge >= 0.3 is 0 Å². The second-order valence-corrected chi connectivity index (χ2v) is 9.11. The van der Waals surface area contributed by atoms with Crippen molar-refractivity contribution in [2.24, 2.45) is 5.92 Å². The highest BCUT2D eigenvalue weighted by Gasteiger charge is 2.30. The van der Waals surface area contributed by atoms with E-state index in [1.54, 1.807) is 7.11 Å². The zero-order valence-electron chi connectivity index (χ0n) is 20.1. The predicted octanol–water partition coefficient (Wildman–Crippen LogP) is 4.91. The molecule has 0 saturated carbocycles. The average Bonchev–Trinajstić information content (AvgIpc) is 3.27. The molecule has 1 fully saturated rings. The van der Waals surface area contributed by atoms with Crippen LogP contribution in [0.3, 0.4) is 0 Å². The molecular formula is C28H41NO6. The summed E-state index contributed by atoms with van der Waals surface area (Å²) >= 11 is 0. The van der Waals surface area contributed by atoms with E-state index in [1.807, 2.05) is 42.5 Å². The SMILES string of the molecule is C.COc1ccc(OCCC(=O)C[C@H](CN2CCC[C@H]2C)[C@H](O)c2ccc3c(c2)OCCO3)cc1.[HH]. The largest absolute Gasteiger partial charge is 0.497 e. The van der Waals surface area contributed by atoms with Gasteiger partial charge in [-0.05, 0) is 68.3 Å². The topological polar surface area (TPSA) is 77.5 Å². The van der Waals surface area contributed by atoms with Gasteiger partial charge in [0.15, 0.2) is 11.5 Å². The summed E-state index contributed by atoms with van der Waals surface area (Å²) in [5.74, 6) is 2.68. The first-order valence-electron chi connectivity index (χ1n) is 12.1. The summed E-state index contributed by atoms with van der Waals surface area (Å²) in [4.78, 5) is 15.3. The lowest BCUT2D eigenvalue weighted by Crippen LogP contribution is -2.35. The Hall–Kier alpha value is -2.77. The number of ether oxygens (including phenoxy) is 4. The van der Waals surface area contributed by atoms with Crippen LogP contribution in [-0.2, 0) is 4.79 Å². The highest BCUT2D eigenvalue weighted by atomic mass is 16.6. The van der Waals surface area contributed by atoms with Gasteiger partial charge in [-0.2, -0.15) is 0 Å². The molecule has 0 unspecified atom stereocenters. The van der Waals surface area contributed by atoms with Crippen molar-refractivity contribution in [1.29, 1.82) is 0 Å². The normalized spacial score (nSPS) is 18.9. The van der Waals surface area contributed by atoms with Crippen molar-refractivity contribution in [2.45, 2.75) is 52.2 Å². The maximum atomic E-state index is 12.9. The van der Waals surface area contributed by atoms with Gasteiger partial charge in [0, 0.05) is 32.8 Å². The molecule has 194 valence electrons. The quantitative estimate of drug-likeness (QED) is 0.482. The lowest BCUT2D eigenvalue weighted by atomic mass is 9.89. The summed E-state index contributed by atoms with van der Waals surface area (Å²) in [5.41, 5.74) is 0.753. The fourth-order valence-corrected chi connectivity index (χ4v) is 4.71. The number of hydrogen-bond acceptors (Lipinski definition) is 7. The first-order chi connectivity index (χ1) is 16.5. The molecule has 0 spiro atoms.